The standard InChI is InChI=1S/C56H35NO2/c1-2-13-36(14-3-1)43-17-4-6-19-46(43)47-20-7-5-18-44(47)37-15-12-16-40(31-37)57(42-28-30-50-48-21-8-10-23-53(48)59-56(50)34-42)41-27-29-45-38(32-41)25-26-39-33-55-52(35-51(39)45)49-22-9-11-24-54(49)58-55/h1-35H. The van der Waals surface area contributed by atoms with E-state index in [0.717, 1.165) is 77.3 Å². The van der Waals surface area contributed by atoms with Crippen LogP contribution in [0, 0.1) is 0 Å². The number of rotatable bonds is 6. The zero-order valence-corrected chi connectivity index (χ0v) is 32.0. The maximum atomic E-state index is 6.46. The predicted molar refractivity (Wildman–Crippen MR) is 247 cm³/mol. The molecule has 0 bridgehead atoms. The minimum Gasteiger partial charge on any atom is -0.456 e. The predicted octanol–water partition coefficient (Wildman–Crippen LogP) is 16.3. The number of para-hydroxylation sites is 2. The second-order valence-electron chi connectivity index (χ2n) is 15.3. The summed E-state index contributed by atoms with van der Waals surface area (Å²) in [4.78, 5) is 2.35. The Morgan fingerprint density at radius 2 is 0.763 bits per heavy atom. The third-order valence-corrected chi connectivity index (χ3v) is 11.8. The van der Waals surface area contributed by atoms with Gasteiger partial charge in [-0.2, -0.15) is 0 Å². The monoisotopic (exact) mass is 753 g/mol. The molecule has 3 nitrogen and oxygen atoms in total. The smallest absolute Gasteiger partial charge is 0.137 e. The van der Waals surface area contributed by atoms with E-state index in [1.807, 2.05) is 24.3 Å². The first-order chi connectivity index (χ1) is 29.2. The Bertz CT molecular complexity index is 3580. The highest BCUT2D eigenvalue weighted by Crippen LogP contribution is 2.44. The van der Waals surface area contributed by atoms with Crippen molar-refractivity contribution in [2.45, 2.75) is 0 Å². The fourth-order valence-electron chi connectivity index (χ4n) is 9.08. The minimum absolute atomic E-state index is 0.857. The number of hydrogen-bond donors (Lipinski definition) is 0. The van der Waals surface area contributed by atoms with Crippen LogP contribution < -0.4 is 4.90 Å². The van der Waals surface area contributed by atoms with Crippen molar-refractivity contribution in [1.29, 1.82) is 0 Å². The molecule has 59 heavy (non-hydrogen) atoms. The van der Waals surface area contributed by atoms with Gasteiger partial charge in [0.05, 0.1) is 0 Å². The molecule has 0 aliphatic rings. The van der Waals surface area contributed by atoms with Crippen LogP contribution >= 0.6 is 0 Å². The van der Waals surface area contributed by atoms with Gasteiger partial charge in [-0.3, -0.25) is 0 Å². The Labute approximate surface area is 340 Å². The van der Waals surface area contributed by atoms with Crippen molar-refractivity contribution in [1.82, 2.24) is 0 Å². The third-order valence-electron chi connectivity index (χ3n) is 11.8. The average Bonchev–Trinajstić information content (AvgIpc) is 3.86. The molecule has 3 heteroatoms. The lowest BCUT2D eigenvalue weighted by Gasteiger charge is -2.26. The molecule has 0 unspecified atom stereocenters. The molecule has 0 amide bonds. The van der Waals surface area contributed by atoms with E-state index in [1.54, 1.807) is 0 Å². The molecule has 0 fully saturated rings. The molecule has 10 aromatic carbocycles. The fraction of sp³-hybridized carbons (Fsp3) is 0. The van der Waals surface area contributed by atoms with Gasteiger partial charge >= 0.3 is 0 Å². The van der Waals surface area contributed by atoms with Gasteiger partial charge in [-0.1, -0.05) is 146 Å². The molecule has 0 saturated heterocycles. The molecule has 12 rings (SSSR count). The van der Waals surface area contributed by atoms with Gasteiger partial charge < -0.3 is 13.7 Å². The second kappa shape index (κ2) is 13.4. The van der Waals surface area contributed by atoms with Crippen molar-refractivity contribution in [2.24, 2.45) is 0 Å². The molecule has 2 heterocycles. The van der Waals surface area contributed by atoms with Crippen molar-refractivity contribution >= 4 is 82.5 Å². The molecular weight excluding hydrogens is 719 g/mol. The van der Waals surface area contributed by atoms with Crippen molar-refractivity contribution < 1.29 is 8.83 Å². The molecule has 0 N–H and O–H groups in total. The van der Waals surface area contributed by atoms with Crippen molar-refractivity contribution in [3.8, 4) is 33.4 Å². The summed E-state index contributed by atoms with van der Waals surface area (Å²) in [5.41, 5.74) is 13.8. The fourth-order valence-corrected chi connectivity index (χ4v) is 9.08. The normalized spacial score (nSPS) is 11.7. The van der Waals surface area contributed by atoms with Gasteiger partial charge in [0.1, 0.15) is 22.3 Å². The van der Waals surface area contributed by atoms with Gasteiger partial charge in [0.2, 0.25) is 0 Å². The first-order valence-electron chi connectivity index (χ1n) is 20.1. The van der Waals surface area contributed by atoms with E-state index in [4.69, 9.17) is 8.83 Å². The van der Waals surface area contributed by atoms with E-state index >= 15 is 0 Å². The molecule has 12 aromatic rings. The topological polar surface area (TPSA) is 29.5 Å². The van der Waals surface area contributed by atoms with Crippen LogP contribution in [0.2, 0.25) is 0 Å². The van der Waals surface area contributed by atoms with Crippen molar-refractivity contribution in [3.05, 3.63) is 212 Å². The molecule has 0 aliphatic carbocycles. The zero-order chi connectivity index (χ0) is 38.9. The van der Waals surface area contributed by atoms with Crippen LogP contribution in [0.1, 0.15) is 0 Å². The van der Waals surface area contributed by atoms with Gasteiger partial charge in [-0.25, -0.2) is 0 Å². The summed E-state index contributed by atoms with van der Waals surface area (Å²) in [6.07, 6.45) is 0. The van der Waals surface area contributed by atoms with E-state index in [1.165, 1.54) is 38.6 Å². The van der Waals surface area contributed by atoms with Gasteiger partial charge in [-0.05, 0) is 116 Å². The number of anilines is 3. The molecule has 0 atom stereocenters. The van der Waals surface area contributed by atoms with Gasteiger partial charge in [0.25, 0.3) is 0 Å². The Morgan fingerprint density at radius 1 is 0.254 bits per heavy atom. The van der Waals surface area contributed by atoms with E-state index in [0.29, 0.717) is 0 Å². The highest BCUT2D eigenvalue weighted by atomic mass is 16.3. The number of nitrogens with zero attached hydrogens (tertiary/aromatic N) is 1. The lowest BCUT2D eigenvalue weighted by molar-refractivity contribution is 0.669. The minimum atomic E-state index is 0.857. The molecule has 0 aliphatic heterocycles. The van der Waals surface area contributed by atoms with Crippen molar-refractivity contribution in [3.63, 3.8) is 0 Å². The maximum absolute atomic E-state index is 6.46. The summed E-state index contributed by atoms with van der Waals surface area (Å²) in [5, 5.41) is 9.21. The zero-order valence-electron chi connectivity index (χ0n) is 32.0. The highest BCUT2D eigenvalue weighted by Gasteiger charge is 2.19. The molecule has 0 spiro atoms. The van der Waals surface area contributed by atoms with Crippen LogP contribution in [0.15, 0.2) is 221 Å². The molecule has 0 saturated carbocycles. The molecular formula is C56H35NO2. The van der Waals surface area contributed by atoms with Crippen LogP contribution in [0.3, 0.4) is 0 Å². The van der Waals surface area contributed by atoms with Crippen LogP contribution in [0.25, 0.3) is 98.8 Å². The summed E-state index contributed by atoms with van der Waals surface area (Å²) in [7, 11) is 0. The van der Waals surface area contributed by atoms with E-state index in [9.17, 15) is 0 Å². The third kappa shape index (κ3) is 5.51. The van der Waals surface area contributed by atoms with Gasteiger partial charge in [-0.15, -0.1) is 0 Å². The highest BCUT2D eigenvalue weighted by molar-refractivity contribution is 6.17. The van der Waals surface area contributed by atoms with Crippen molar-refractivity contribution in [2.75, 3.05) is 4.90 Å². The maximum Gasteiger partial charge on any atom is 0.137 e. The number of benzene rings is 10. The first-order valence-corrected chi connectivity index (χ1v) is 20.1. The quantitative estimate of drug-likeness (QED) is 0.158. The Hall–Kier alpha value is -7.88. The lowest BCUT2D eigenvalue weighted by atomic mass is 9.89. The van der Waals surface area contributed by atoms with E-state index < -0.39 is 0 Å². The van der Waals surface area contributed by atoms with Crippen LogP contribution in [-0.4, -0.2) is 0 Å². The number of fused-ring (bicyclic) bond motifs is 9. The summed E-state index contributed by atoms with van der Waals surface area (Å²) in [6, 6.07) is 75.9. The Balaban J connectivity index is 1.04. The van der Waals surface area contributed by atoms with Gasteiger partial charge in [0.15, 0.2) is 0 Å². The number of furan rings is 2. The molecule has 0 radical (unpaired) electrons. The van der Waals surface area contributed by atoms with Crippen LogP contribution in [0.5, 0.6) is 0 Å². The van der Waals surface area contributed by atoms with E-state index in [2.05, 4.69) is 193 Å². The Morgan fingerprint density at radius 3 is 1.49 bits per heavy atom. The SMILES string of the molecule is c1ccc(-c2ccccc2-c2ccccc2-c2cccc(N(c3ccc4c(ccc5cc6oc7ccccc7c6cc54)c3)c3ccc4c(c3)oc3ccccc34)c2)cc1. The summed E-state index contributed by atoms with van der Waals surface area (Å²) < 4.78 is 12.7. The number of hydrogen-bond acceptors (Lipinski definition) is 3. The first kappa shape index (κ1) is 33.3. The largest absolute Gasteiger partial charge is 0.456 e. The van der Waals surface area contributed by atoms with E-state index in [-0.39, 0.29) is 0 Å². The summed E-state index contributed by atoms with van der Waals surface area (Å²) in [6.45, 7) is 0. The van der Waals surface area contributed by atoms with Crippen LogP contribution in [0.4, 0.5) is 17.1 Å². The van der Waals surface area contributed by atoms with Gasteiger partial charge in [0, 0.05) is 44.7 Å². The molecule has 276 valence electrons. The Kier molecular flexibility index (Phi) is 7.54. The second-order valence-corrected chi connectivity index (χ2v) is 15.3. The lowest BCUT2D eigenvalue weighted by Crippen LogP contribution is -2.10. The summed E-state index contributed by atoms with van der Waals surface area (Å²) >= 11 is 0. The summed E-state index contributed by atoms with van der Waals surface area (Å²) in [5.74, 6) is 0. The average molecular weight is 754 g/mol. The van der Waals surface area contributed by atoms with Crippen LogP contribution in [-0.2, 0) is 0 Å². The molecule has 2 aromatic heterocycles.